The van der Waals surface area contributed by atoms with Crippen LogP contribution in [0.25, 0.3) is 11.1 Å². The van der Waals surface area contributed by atoms with Crippen molar-refractivity contribution in [3.63, 3.8) is 0 Å². The Labute approximate surface area is 123 Å². The second-order valence-corrected chi connectivity index (χ2v) is 6.07. The van der Waals surface area contributed by atoms with Gasteiger partial charge in [-0.05, 0) is 23.3 Å². The lowest BCUT2D eigenvalue weighted by Crippen LogP contribution is -2.37. The summed E-state index contributed by atoms with van der Waals surface area (Å²) in [5.41, 5.74) is 3.12. The molecule has 0 unspecified atom stereocenters. The fourth-order valence-corrected chi connectivity index (χ4v) is 3.29. The fourth-order valence-electron chi connectivity index (χ4n) is 2.38. The summed E-state index contributed by atoms with van der Waals surface area (Å²) in [5, 5.41) is 0. The van der Waals surface area contributed by atoms with Gasteiger partial charge >= 0.3 is 0 Å². The molecule has 1 saturated heterocycles. The van der Waals surface area contributed by atoms with E-state index in [1.54, 1.807) is 0 Å². The van der Waals surface area contributed by atoms with Crippen molar-refractivity contribution in [3.8, 4) is 11.1 Å². The van der Waals surface area contributed by atoms with Gasteiger partial charge in [-0.1, -0.05) is 42.5 Å². The molecule has 102 valence electrons. The second kappa shape index (κ2) is 6.14. The topological polar surface area (TPSA) is 20.3 Å². The molecular formula is C17H17NOS. The summed E-state index contributed by atoms with van der Waals surface area (Å²) in [6.45, 7) is 1.73. The number of nitrogens with zero attached hydrogens (tertiary/aromatic N) is 1. The summed E-state index contributed by atoms with van der Waals surface area (Å²) >= 11 is 1.92. The van der Waals surface area contributed by atoms with Crippen LogP contribution in [0.15, 0.2) is 54.6 Å². The van der Waals surface area contributed by atoms with Crippen LogP contribution in [0.1, 0.15) is 10.4 Å². The molecule has 2 aromatic carbocycles. The van der Waals surface area contributed by atoms with Gasteiger partial charge in [-0.25, -0.2) is 0 Å². The Morgan fingerprint density at radius 2 is 1.45 bits per heavy atom. The highest BCUT2D eigenvalue weighted by Crippen LogP contribution is 2.20. The zero-order valence-electron chi connectivity index (χ0n) is 11.3. The first kappa shape index (κ1) is 13.3. The van der Waals surface area contributed by atoms with Crippen LogP contribution in [-0.2, 0) is 0 Å². The van der Waals surface area contributed by atoms with Crippen molar-refractivity contribution in [1.82, 2.24) is 4.90 Å². The Bertz CT molecular complexity index is 574. The van der Waals surface area contributed by atoms with E-state index in [9.17, 15) is 4.79 Å². The number of rotatable bonds is 2. The largest absolute Gasteiger partial charge is 0.337 e. The summed E-state index contributed by atoms with van der Waals surface area (Å²) in [6, 6.07) is 18.2. The maximum Gasteiger partial charge on any atom is 0.253 e. The molecule has 0 atom stereocenters. The zero-order chi connectivity index (χ0) is 13.8. The van der Waals surface area contributed by atoms with Gasteiger partial charge in [0.2, 0.25) is 0 Å². The van der Waals surface area contributed by atoms with Crippen molar-refractivity contribution in [2.75, 3.05) is 24.6 Å². The van der Waals surface area contributed by atoms with Crippen LogP contribution in [0.4, 0.5) is 0 Å². The number of carbonyl (C=O) groups is 1. The van der Waals surface area contributed by atoms with Crippen molar-refractivity contribution in [1.29, 1.82) is 0 Å². The number of hydrogen-bond donors (Lipinski definition) is 0. The molecule has 3 rings (SSSR count). The van der Waals surface area contributed by atoms with Crippen LogP contribution in [0.2, 0.25) is 0 Å². The average Bonchev–Trinajstić information content (AvgIpc) is 2.56. The summed E-state index contributed by atoms with van der Waals surface area (Å²) in [7, 11) is 0. The molecule has 0 aromatic heterocycles. The van der Waals surface area contributed by atoms with Crippen LogP contribution < -0.4 is 0 Å². The van der Waals surface area contributed by atoms with Crippen molar-refractivity contribution in [2.24, 2.45) is 0 Å². The fraction of sp³-hybridized carbons (Fsp3) is 0.235. The highest BCUT2D eigenvalue weighted by atomic mass is 32.2. The molecule has 1 amide bonds. The molecule has 1 aliphatic heterocycles. The minimum Gasteiger partial charge on any atom is -0.337 e. The van der Waals surface area contributed by atoms with E-state index in [4.69, 9.17) is 0 Å². The second-order valence-electron chi connectivity index (χ2n) is 4.85. The summed E-state index contributed by atoms with van der Waals surface area (Å²) in [4.78, 5) is 14.3. The third-order valence-electron chi connectivity index (χ3n) is 3.54. The van der Waals surface area contributed by atoms with Gasteiger partial charge in [-0.15, -0.1) is 0 Å². The lowest BCUT2D eigenvalue weighted by Gasteiger charge is -2.26. The molecule has 1 heterocycles. The predicted molar refractivity (Wildman–Crippen MR) is 85.1 cm³/mol. The van der Waals surface area contributed by atoms with E-state index in [-0.39, 0.29) is 5.91 Å². The Hall–Kier alpha value is -1.74. The molecule has 0 aliphatic carbocycles. The third-order valence-corrected chi connectivity index (χ3v) is 4.48. The highest BCUT2D eigenvalue weighted by molar-refractivity contribution is 7.99. The number of thioether (sulfide) groups is 1. The van der Waals surface area contributed by atoms with Crippen LogP contribution in [0.5, 0.6) is 0 Å². The van der Waals surface area contributed by atoms with E-state index in [1.807, 2.05) is 59.1 Å². The van der Waals surface area contributed by atoms with Crippen LogP contribution in [0.3, 0.4) is 0 Å². The Balaban J connectivity index is 1.77. The van der Waals surface area contributed by atoms with Gasteiger partial charge in [0.1, 0.15) is 0 Å². The van der Waals surface area contributed by atoms with Gasteiger partial charge in [-0.2, -0.15) is 11.8 Å². The molecule has 0 spiro atoms. The predicted octanol–water partition coefficient (Wildman–Crippen LogP) is 3.54. The van der Waals surface area contributed by atoms with E-state index in [0.717, 1.165) is 35.7 Å². The van der Waals surface area contributed by atoms with Crippen LogP contribution in [0, 0.1) is 0 Å². The normalized spacial score (nSPS) is 15.1. The summed E-state index contributed by atoms with van der Waals surface area (Å²) in [6.07, 6.45) is 0. The molecule has 1 aliphatic rings. The van der Waals surface area contributed by atoms with E-state index in [1.165, 1.54) is 5.56 Å². The summed E-state index contributed by atoms with van der Waals surface area (Å²) < 4.78 is 0. The van der Waals surface area contributed by atoms with Crippen molar-refractivity contribution < 1.29 is 4.79 Å². The number of amides is 1. The molecule has 1 fully saturated rings. The molecular weight excluding hydrogens is 266 g/mol. The zero-order valence-corrected chi connectivity index (χ0v) is 12.1. The van der Waals surface area contributed by atoms with Gasteiger partial charge in [0.25, 0.3) is 5.91 Å². The first-order valence-corrected chi connectivity index (χ1v) is 8.02. The van der Waals surface area contributed by atoms with Crippen molar-refractivity contribution in [3.05, 3.63) is 60.2 Å². The standard InChI is InChI=1S/C17H17NOS/c19-17(18-10-12-20-13-11-18)16-8-6-15(7-9-16)14-4-2-1-3-5-14/h1-9H,10-13H2. The SMILES string of the molecule is O=C(c1ccc(-c2ccccc2)cc1)N1CCSCC1. The van der Waals surface area contributed by atoms with Gasteiger partial charge in [0.15, 0.2) is 0 Å². The number of hydrogen-bond acceptors (Lipinski definition) is 2. The van der Waals surface area contributed by atoms with Crippen molar-refractivity contribution in [2.45, 2.75) is 0 Å². The first-order valence-electron chi connectivity index (χ1n) is 6.87. The maximum absolute atomic E-state index is 12.4. The maximum atomic E-state index is 12.4. The lowest BCUT2D eigenvalue weighted by atomic mass is 10.0. The van der Waals surface area contributed by atoms with Crippen molar-refractivity contribution >= 4 is 17.7 Å². The summed E-state index contributed by atoms with van der Waals surface area (Å²) in [5.74, 6) is 2.26. The third kappa shape index (κ3) is 2.88. The van der Waals surface area contributed by atoms with E-state index < -0.39 is 0 Å². The molecule has 0 bridgehead atoms. The molecule has 0 saturated carbocycles. The molecule has 0 radical (unpaired) electrons. The van der Waals surface area contributed by atoms with Gasteiger partial charge in [0, 0.05) is 30.2 Å². The number of carbonyl (C=O) groups excluding carboxylic acids is 1. The van der Waals surface area contributed by atoms with E-state index in [0.29, 0.717) is 0 Å². The Morgan fingerprint density at radius 3 is 2.10 bits per heavy atom. The van der Waals surface area contributed by atoms with Crippen LogP contribution in [-0.4, -0.2) is 35.4 Å². The van der Waals surface area contributed by atoms with Gasteiger partial charge in [-0.3, -0.25) is 4.79 Å². The minimum atomic E-state index is 0.157. The van der Waals surface area contributed by atoms with E-state index >= 15 is 0 Å². The quantitative estimate of drug-likeness (QED) is 0.840. The molecule has 2 aromatic rings. The molecule has 3 heteroatoms. The smallest absolute Gasteiger partial charge is 0.253 e. The van der Waals surface area contributed by atoms with Gasteiger partial charge < -0.3 is 4.90 Å². The van der Waals surface area contributed by atoms with Crippen LogP contribution >= 0.6 is 11.8 Å². The van der Waals surface area contributed by atoms with E-state index in [2.05, 4.69) is 12.1 Å². The molecule has 0 N–H and O–H groups in total. The van der Waals surface area contributed by atoms with Gasteiger partial charge in [0.05, 0.1) is 0 Å². The minimum absolute atomic E-state index is 0.157. The monoisotopic (exact) mass is 283 g/mol. The Morgan fingerprint density at radius 1 is 0.850 bits per heavy atom. The number of benzene rings is 2. The Kier molecular flexibility index (Phi) is 4.07. The highest BCUT2D eigenvalue weighted by Gasteiger charge is 2.18. The first-order chi connectivity index (χ1) is 9.84. The lowest BCUT2D eigenvalue weighted by molar-refractivity contribution is 0.0772. The average molecular weight is 283 g/mol. The molecule has 2 nitrogen and oxygen atoms in total. The molecule has 20 heavy (non-hydrogen) atoms.